The summed E-state index contributed by atoms with van der Waals surface area (Å²) in [7, 11) is 0. The number of carboxylic acids is 1. The summed E-state index contributed by atoms with van der Waals surface area (Å²) in [4.78, 5) is 11.6. The molecule has 1 atom stereocenters. The Labute approximate surface area is 145 Å². The second-order valence-corrected chi connectivity index (χ2v) is 6.40. The fraction of sp³-hybridized carbons (Fsp3) is 0.278. The van der Waals surface area contributed by atoms with Gasteiger partial charge in [-0.25, -0.2) is 4.79 Å². The van der Waals surface area contributed by atoms with Crippen LogP contribution in [-0.4, -0.2) is 17.2 Å². The smallest absolute Gasteiger partial charge is 0.345 e. The molecule has 5 heteroatoms. The van der Waals surface area contributed by atoms with Crippen LogP contribution in [0.25, 0.3) is 0 Å². The third kappa shape index (κ3) is 4.63. The third-order valence-electron chi connectivity index (χ3n) is 3.49. The lowest BCUT2D eigenvalue weighted by Gasteiger charge is -2.19. The number of halogens is 2. The molecule has 0 bridgehead atoms. The average molecular weight is 353 g/mol. The van der Waals surface area contributed by atoms with Crippen LogP contribution in [0.5, 0.6) is 5.75 Å². The minimum absolute atomic E-state index is 0.207. The summed E-state index contributed by atoms with van der Waals surface area (Å²) in [5.41, 5.74) is 1.74. The van der Waals surface area contributed by atoms with Crippen molar-refractivity contribution in [3.8, 4) is 5.75 Å². The first-order valence-electron chi connectivity index (χ1n) is 7.30. The van der Waals surface area contributed by atoms with E-state index in [9.17, 15) is 9.90 Å². The number of rotatable bonds is 6. The number of para-hydroxylation sites is 1. The molecule has 0 aromatic heterocycles. The molecule has 2 rings (SSSR count). The van der Waals surface area contributed by atoms with Gasteiger partial charge in [0.25, 0.3) is 0 Å². The first-order valence-corrected chi connectivity index (χ1v) is 8.06. The Bertz CT molecular complexity index is 698. The minimum atomic E-state index is -1.02. The number of aliphatic carboxylic acids is 1. The van der Waals surface area contributed by atoms with E-state index in [2.05, 4.69) is 0 Å². The molecule has 0 aliphatic carbocycles. The average Bonchev–Trinajstić information content (AvgIpc) is 2.50. The van der Waals surface area contributed by atoms with E-state index in [0.717, 1.165) is 11.1 Å². The lowest BCUT2D eigenvalue weighted by Crippen LogP contribution is -2.29. The van der Waals surface area contributed by atoms with Crippen LogP contribution >= 0.6 is 23.2 Å². The molecular formula is C18H18Cl2O3. The third-order valence-corrected chi connectivity index (χ3v) is 4.23. The predicted octanol–water partition coefficient (Wildman–Crippen LogP) is 5.19. The van der Waals surface area contributed by atoms with Gasteiger partial charge in [0, 0.05) is 6.42 Å². The fourth-order valence-corrected chi connectivity index (χ4v) is 2.60. The standard InChI is InChI=1S/C18H18Cl2O3/c1-11(2)13-5-3-4-6-16(13)23-17(18(21)22)10-12-7-8-14(19)15(20)9-12/h3-9,11,17H,10H2,1-2H3,(H,21,22)/t17-/m0/s1. The molecule has 0 saturated carbocycles. The maximum absolute atomic E-state index is 11.6. The molecule has 0 amide bonds. The van der Waals surface area contributed by atoms with E-state index in [0.29, 0.717) is 15.8 Å². The number of benzene rings is 2. The molecule has 2 aromatic carbocycles. The zero-order valence-corrected chi connectivity index (χ0v) is 14.4. The van der Waals surface area contributed by atoms with Gasteiger partial charge in [-0.1, -0.05) is 61.3 Å². The summed E-state index contributed by atoms with van der Waals surface area (Å²) in [6, 6.07) is 12.5. The van der Waals surface area contributed by atoms with Crippen LogP contribution in [0.4, 0.5) is 0 Å². The van der Waals surface area contributed by atoms with Gasteiger partial charge in [0.15, 0.2) is 6.10 Å². The molecular weight excluding hydrogens is 335 g/mol. The first-order chi connectivity index (χ1) is 10.9. The van der Waals surface area contributed by atoms with E-state index in [1.54, 1.807) is 24.3 Å². The molecule has 3 nitrogen and oxygen atoms in total. The van der Waals surface area contributed by atoms with Crippen LogP contribution in [0.2, 0.25) is 10.0 Å². The molecule has 2 aromatic rings. The van der Waals surface area contributed by atoms with Gasteiger partial charge in [-0.05, 0) is 35.2 Å². The van der Waals surface area contributed by atoms with Crippen LogP contribution < -0.4 is 4.74 Å². The maximum Gasteiger partial charge on any atom is 0.345 e. The first kappa shape index (κ1) is 17.6. The van der Waals surface area contributed by atoms with E-state index < -0.39 is 12.1 Å². The van der Waals surface area contributed by atoms with Crippen LogP contribution in [0.15, 0.2) is 42.5 Å². The van der Waals surface area contributed by atoms with Crippen LogP contribution in [0, 0.1) is 0 Å². The summed E-state index contributed by atoms with van der Waals surface area (Å²) in [5.74, 6) is -0.185. The summed E-state index contributed by atoms with van der Waals surface area (Å²) < 4.78 is 5.77. The molecule has 0 saturated heterocycles. The van der Waals surface area contributed by atoms with Crippen LogP contribution in [-0.2, 0) is 11.2 Å². The van der Waals surface area contributed by atoms with Crippen molar-refractivity contribution in [2.24, 2.45) is 0 Å². The second-order valence-electron chi connectivity index (χ2n) is 5.59. The van der Waals surface area contributed by atoms with E-state index in [1.807, 2.05) is 32.0 Å². The maximum atomic E-state index is 11.6. The summed E-state index contributed by atoms with van der Waals surface area (Å²) in [6.07, 6.45) is -0.786. The molecule has 0 spiro atoms. The molecule has 0 aliphatic heterocycles. The zero-order valence-electron chi connectivity index (χ0n) is 12.9. The van der Waals surface area contributed by atoms with Crippen LogP contribution in [0.3, 0.4) is 0 Å². The number of carboxylic acid groups (broad SMARTS) is 1. The van der Waals surface area contributed by atoms with Crippen molar-refractivity contribution in [1.82, 2.24) is 0 Å². The largest absolute Gasteiger partial charge is 0.478 e. The van der Waals surface area contributed by atoms with Gasteiger partial charge in [0.1, 0.15) is 5.75 Å². The Hall–Kier alpha value is -1.71. The highest BCUT2D eigenvalue weighted by Gasteiger charge is 2.22. The minimum Gasteiger partial charge on any atom is -0.478 e. The Balaban J connectivity index is 2.23. The number of ether oxygens (including phenoxy) is 1. The van der Waals surface area contributed by atoms with Crippen molar-refractivity contribution < 1.29 is 14.6 Å². The van der Waals surface area contributed by atoms with E-state index in [-0.39, 0.29) is 12.3 Å². The highest BCUT2D eigenvalue weighted by molar-refractivity contribution is 6.42. The SMILES string of the molecule is CC(C)c1ccccc1O[C@@H](Cc1ccc(Cl)c(Cl)c1)C(=O)O. The number of hydrogen-bond donors (Lipinski definition) is 1. The lowest BCUT2D eigenvalue weighted by atomic mass is 10.0. The van der Waals surface area contributed by atoms with Gasteiger partial charge in [-0.2, -0.15) is 0 Å². The van der Waals surface area contributed by atoms with Gasteiger partial charge < -0.3 is 9.84 Å². The lowest BCUT2D eigenvalue weighted by molar-refractivity contribution is -0.145. The number of carbonyl (C=O) groups is 1. The topological polar surface area (TPSA) is 46.5 Å². The monoisotopic (exact) mass is 352 g/mol. The van der Waals surface area contributed by atoms with Gasteiger partial charge >= 0.3 is 5.97 Å². The molecule has 0 heterocycles. The van der Waals surface area contributed by atoms with Crippen molar-refractivity contribution in [1.29, 1.82) is 0 Å². The van der Waals surface area contributed by atoms with Gasteiger partial charge in [0.2, 0.25) is 0 Å². The Morgan fingerprint density at radius 3 is 2.43 bits per heavy atom. The molecule has 23 heavy (non-hydrogen) atoms. The van der Waals surface area contributed by atoms with E-state index >= 15 is 0 Å². The van der Waals surface area contributed by atoms with Crippen molar-refractivity contribution >= 4 is 29.2 Å². The number of hydrogen-bond acceptors (Lipinski definition) is 2. The van der Waals surface area contributed by atoms with E-state index in [4.69, 9.17) is 27.9 Å². The zero-order chi connectivity index (χ0) is 17.0. The summed E-state index contributed by atoms with van der Waals surface area (Å²) in [5, 5.41) is 10.3. The predicted molar refractivity (Wildman–Crippen MR) is 92.7 cm³/mol. The highest BCUT2D eigenvalue weighted by atomic mass is 35.5. The van der Waals surface area contributed by atoms with Crippen molar-refractivity contribution in [3.05, 3.63) is 63.6 Å². The molecule has 122 valence electrons. The van der Waals surface area contributed by atoms with Crippen molar-refractivity contribution in [2.45, 2.75) is 32.3 Å². The normalized spacial score (nSPS) is 12.2. The van der Waals surface area contributed by atoms with E-state index in [1.165, 1.54) is 0 Å². The Morgan fingerprint density at radius 1 is 1.13 bits per heavy atom. The molecule has 0 radical (unpaired) electrons. The fourth-order valence-electron chi connectivity index (χ4n) is 2.28. The van der Waals surface area contributed by atoms with Crippen LogP contribution in [0.1, 0.15) is 30.9 Å². The van der Waals surface area contributed by atoms with Gasteiger partial charge in [-0.15, -0.1) is 0 Å². The van der Waals surface area contributed by atoms with Gasteiger partial charge in [0.05, 0.1) is 10.0 Å². The Kier molecular flexibility index (Phi) is 5.91. The quantitative estimate of drug-likeness (QED) is 0.777. The Morgan fingerprint density at radius 2 is 1.83 bits per heavy atom. The van der Waals surface area contributed by atoms with Gasteiger partial charge in [-0.3, -0.25) is 0 Å². The molecule has 0 unspecified atom stereocenters. The summed E-state index contributed by atoms with van der Waals surface area (Å²) >= 11 is 11.9. The second kappa shape index (κ2) is 7.71. The highest BCUT2D eigenvalue weighted by Crippen LogP contribution is 2.28. The van der Waals surface area contributed by atoms with Crippen molar-refractivity contribution in [3.63, 3.8) is 0 Å². The van der Waals surface area contributed by atoms with Crippen molar-refractivity contribution in [2.75, 3.05) is 0 Å². The molecule has 1 N–H and O–H groups in total. The molecule has 0 fully saturated rings. The molecule has 0 aliphatic rings. The summed E-state index contributed by atoms with van der Waals surface area (Å²) in [6.45, 7) is 4.08.